The Morgan fingerprint density at radius 2 is 1.86 bits per heavy atom. The molecule has 44 heavy (non-hydrogen) atoms. The quantitative estimate of drug-likeness (QED) is 0.328. The highest BCUT2D eigenvalue weighted by Gasteiger charge is 2.32. The summed E-state index contributed by atoms with van der Waals surface area (Å²) in [7, 11) is 3.75. The largest absolute Gasteiger partial charge is 0.392 e. The lowest BCUT2D eigenvalue weighted by atomic mass is 9.97. The summed E-state index contributed by atoms with van der Waals surface area (Å²) >= 11 is 0. The molecule has 228 valence electrons. The van der Waals surface area contributed by atoms with Crippen molar-refractivity contribution in [3.05, 3.63) is 93.0 Å². The first kappa shape index (κ1) is 28.5. The van der Waals surface area contributed by atoms with E-state index >= 15 is 4.39 Å². The molecule has 10 heteroatoms. The number of aryl methyl sites for hydroxylation is 2. The van der Waals surface area contributed by atoms with E-state index in [2.05, 4.69) is 26.8 Å². The number of aliphatic hydroxyl groups is 1. The summed E-state index contributed by atoms with van der Waals surface area (Å²) in [4.78, 5) is 35.4. The molecule has 1 fully saturated rings. The molecule has 3 aromatic heterocycles. The van der Waals surface area contributed by atoms with Crippen molar-refractivity contribution in [2.45, 2.75) is 57.7 Å². The second-order valence-corrected chi connectivity index (χ2v) is 12.2. The van der Waals surface area contributed by atoms with Gasteiger partial charge in [0, 0.05) is 55.4 Å². The predicted molar refractivity (Wildman–Crippen MR) is 168 cm³/mol. The van der Waals surface area contributed by atoms with Crippen LogP contribution >= 0.6 is 0 Å². The Kier molecular flexibility index (Phi) is 7.34. The van der Waals surface area contributed by atoms with Gasteiger partial charge in [0.05, 0.1) is 12.3 Å². The first-order chi connectivity index (χ1) is 21.3. The van der Waals surface area contributed by atoms with Crippen LogP contribution in [0.4, 0.5) is 21.6 Å². The molecule has 1 aliphatic carbocycles. The number of pyridine rings is 2. The number of carbonyl (C=O) groups is 1. The molecule has 1 saturated heterocycles. The molecular weight excluding hydrogens is 559 g/mol. The van der Waals surface area contributed by atoms with Gasteiger partial charge < -0.3 is 24.5 Å². The molecule has 1 aromatic carbocycles. The number of amides is 1. The van der Waals surface area contributed by atoms with Crippen molar-refractivity contribution in [1.82, 2.24) is 19.0 Å². The Hall–Kier alpha value is -4.28. The minimum atomic E-state index is -0.530. The summed E-state index contributed by atoms with van der Waals surface area (Å²) in [5.41, 5.74) is 5.94. The monoisotopic (exact) mass is 596 g/mol. The first-order valence-electron chi connectivity index (χ1n) is 15.4. The number of carbonyl (C=O) groups excluding carboxylic acids is 1. The van der Waals surface area contributed by atoms with Crippen molar-refractivity contribution >= 4 is 23.1 Å². The lowest BCUT2D eigenvalue weighted by Gasteiger charge is -2.31. The number of halogens is 1. The lowest BCUT2D eigenvalue weighted by molar-refractivity contribution is 0.0964. The van der Waals surface area contributed by atoms with Crippen LogP contribution in [-0.2, 0) is 33.0 Å². The van der Waals surface area contributed by atoms with E-state index in [1.165, 1.54) is 28.0 Å². The number of fused-ring (bicyclic) bond motifs is 3. The number of nitrogens with zero attached hydrogens (tertiary/aromatic N) is 5. The second kappa shape index (κ2) is 11.3. The molecule has 5 heterocycles. The highest BCUT2D eigenvalue weighted by molar-refractivity contribution is 6.07. The van der Waals surface area contributed by atoms with Crippen LogP contribution < -0.4 is 15.8 Å². The number of hydrogen-bond donors (Lipinski definition) is 2. The molecule has 1 amide bonds. The number of anilines is 3. The minimum absolute atomic E-state index is 0.196. The molecule has 7 rings (SSSR count). The van der Waals surface area contributed by atoms with E-state index in [1.807, 2.05) is 24.4 Å². The zero-order valence-corrected chi connectivity index (χ0v) is 25.1. The molecule has 9 nitrogen and oxygen atoms in total. The fourth-order valence-corrected chi connectivity index (χ4v) is 7.25. The fraction of sp³-hybridized carbons (Fsp3) is 0.382. The van der Waals surface area contributed by atoms with Crippen LogP contribution in [0.1, 0.15) is 64.6 Å². The van der Waals surface area contributed by atoms with Crippen molar-refractivity contribution in [1.29, 1.82) is 0 Å². The third-order valence-corrected chi connectivity index (χ3v) is 9.51. The number of likely N-dealkylation sites (tertiary alicyclic amines) is 1. The summed E-state index contributed by atoms with van der Waals surface area (Å²) in [5, 5.41) is 13.7. The molecule has 2 aliphatic heterocycles. The highest BCUT2D eigenvalue weighted by Crippen LogP contribution is 2.37. The smallest absolute Gasteiger partial charge is 0.274 e. The predicted octanol–water partition coefficient (Wildman–Crippen LogP) is 4.93. The average Bonchev–Trinajstić information content (AvgIpc) is 3.63. The van der Waals surface area contributed by atoms with Gasteiger partial charge in [-0.05, 0) is 99.1 Å². The van der Waals surface area contributed by atoms with Gasteiger partial charge in [-0.2, -0.15) is 0 Å². The number of rotatable bonds is 6. The van der Waals surface area contributed by atoms with E-state index in [4.69, 9.17) is 0 Å². The Labute approximate surface area is 255 Å². The number of nitrogens with one attached hydrogen (secondary N) is 1. The third-order valence-electron chi connectivity index (χ3n) is 9.51. The summed E-state index contributed by atoms with van der Waals surface area (Å²) in [5.74, 6) is -0.202. The molecule has 2 N–H and O–H groups in total. The van der Waals surface area contributed by atoms with Gasteiger partial charge in [-0.1, -0.05) is 6.07 Å². The van der Waals surface area contributed by atoms with E-state index in [-0.39, 0.29) is 17.2 Å². The van der Waals surface area contributed by atoms with Crippen molar-refractivity contribution in [2.24, 2.45) is 7.05 Å². The van der Waals surface area contributed by atoms with E-state index in [1.54, 1.807) is 24.2 Å². The molecule has 1 atom stereocenters. The number of aliphatic hydroxyl groups excluding tert-OH is 1. The fourth-order valence-electron chi connectivity index (χ4n) is 7.25. The Bertz CT molecular complexity index is 1810. The van der Waals surface area contributed by atoms with Gasteiger partial charge in [-0.15, -0.1) is 0 Å². The number of aromatic nitrogens is 3. The van der Waals surface area contributed by atoms with E-state index in [0.29, 0.717) is 53.0 Å². The van der Waals surface area contributed by atoms with Gasteiger partial charge >= 0.3 is 0 Å². The van der Waals surface area contributed by atoms with E-state index in [9.17, 15) is 14.7 Å². The lowest BCUT2D eigenvalue weighted by Crippen LogP contribution is -2.41. The van der Waals surface area contributed by atoms with Crippen molar-refractivity contribution in [2.75, 3.05) is 30.4 Å². The number of benzene rings is 1. The van der Waals surface area contributed by atoms with Gasteiger partial charge in [0.1, 0.15) is 23.0 Å². The van der Waals surface area contributed by atoms with Crippen LogP contribution in [0.3, 0.4) is 0 Å². The second-order valence-electron chi connectivity index (χ2n) is 12.2. The van der Waals surface area contributed by atoms with Crippen molar-refractivity contribution < 1.29 is 14.3 Å². The summed E-state index contributed by atoms with van der Waals surface area (Å²) < 4.78 is 18.8. The van der Waals surface area contributed by atoms with Gasteiger partial charge in [-0.3, -0.25) is 14.5 Å². The maximum Gasteiger partial charge on any atom is 0.274 e. The van der Waals surface area contributed by atoms with Crippen molar-refractivity contribution in [3.8, 4) is 11.1 Å². The molecule has 0 unspecified atom stereocenters. The van der Waals surface area contributed by atoms with E-state index in [0.717, 1.165) is 50.6 Å². The van der Waals surface area contributed by atoms with Gasteiger partial charge in [0.2, 0.25) is 0 Å². The zero-order chi connectivity index (χ0) is 30.5. The maximum atomic E-state index is 15.3. The molecular formula is C34H37FN6O3. The van der Waals surface area contributed by atoms with Crippen LogP contribution in [0, 0.1) is 5.82 Å². The topological polar surface area (TPSA) is 95.6 Å². The highest BCUT2D eigenvalue weighted by atomic mass is 19.1. The minimum Gasteiger partial charge on any atom is -0.392 e. The standard InChI is InChI=1S/C34H37FN6O3/c1-38-11-5-8-28(38)22-9-10-32(36-18-22)37-27-14-23(19-39(2)33(27)43)25-16-24(35)17-30(26(25)20-42)41-13-12-40-29-7-4-3-6-21(29)15-31(40)34(41)44/h9-10,14-19,28,42H,3-8,11-13,20H2,1-2H3,(H,36,37)/t28-/m0/s1. The Morgan fingerprint density at radius 3 is 2.61 bits per heavy atom. The van der Waals surface area contributed by atoms with Gasteiger partial charge in [0.15, 0.2) is 0 Å². The molecule has 0 radical (unpaired) electrons. The maximum absolute atomic E-state index is 15.3. The first-order valence-corrected chi connectivity index (χ1v) is 15.4. The SMILES string of the molecule is CN1CCC[C@H]1c1ccc(Nc2cc(-c3cc(F)cc(N4CCn5c(cc6c5CCCC6)C4=O)c3CO)cn(C)c2=O)nc1. The summed E-state index contributed by atoms with van der Waals surface area (Å²) in [6.07, 6.45) is 9.88. The Morgan fingerprint density at radius 1 is 1.02 bits per heavy atom. The van der Waals surface area contributed by atoms with Crippen molar-refractivity contribution in [3.63, 3.8) is 0 Å². The zero-order valence-electron chi connectivity index (χ0n) is 25.1. The molecule has 4 aromatic rings. The summed E-state index contributed by atoms with van der Waals surface area (Å²) in [6.45, 7) is 1.65. The molecule has 0 bridgehead atoms. The van der Waals surface area contributed by atoms with Crippen LogP contribution in [0.25, 0.3) is 11.1 Å². The summed E-state index contributed by atoms with van der Waals surface area (Å²) in [6, 6.07) is 10.5. The average molecular weight is 597 g/mol. The normalized spacial score (nSPS) is 18.4. The Balaban J connectivity index is 1.23. The molecule has 3 aliphatic rings. The van der Waals surface area contributed by atoms with Crippen LogP contribution in [-0.4, -0.2) is 50.2 Å². The molecule has 0 saturated carbocycles. The third kappa shape index (κ3) is 4.92. The van der Waals surface area contributed by atoms with E-state index < -0.39 is 12.4 Å². The van der Waals surface area contributed by atoms with Crippen LogP contribution in [0.2, 0.25) is 0 Å². The van der Waals surface area contributed by atoms with Crippen LogP contribution in [0.15, 0.2) is 53.6 Å². The van der Waals surface area contributed by atoms with Gasteiger partial charge in [0.25, 0.3) is 11.5 Å². The molecule has 0 spiro atoms. The van der Waals surface area contributed by atoms with Crippen LogP contribution in [0.5, 0.6) is 0 Å². The number of hydrogen-bond acceptors (Lipinski definition) is 6. The van der Waals surface area contributed by atoms with Gasteiger partial charge in [-0.25, -0.2) is 9.37 Å².